The van der Waals surface area contributed by atoms with E-state index in [2.05, 4.69) is 246 Å². The zero-order valence-electron chi connectivity index (χ0n) is 34.9. The van der Waals surface area contributed by atoms with Gasteiger partial charge in [0.15, 0.2) is 8.07 Å². The lowest BCUT2D eigenvalue weighted by Crippen LogP contribution is -2.74. The molecule has 0 N–H and O–H groups in total. The number of fused-ring (bicyclic) bond motifs is 9. The fraction of sp³-hybridized carbons (Fsp3) is 0. The van der Waals surface area contributed by atoms with E-state index >= 15 is 0 Å². The summed E-state index contributed by atoms with van der Waals surface area (Å²) in [5, 5.41) is 12.6. The van der Waals surface area contributed by atoms with Crippen LogP contribution in [0.2, 0.25) is 0 Å². The predicted octanol–water partition coefficient (Wildman–Crippen LogP) is 12.8. The number of benzene rings is 10. The van der Waals surface area contributed by atoms with E-state index in [4.69, 9.17) is 4.42 Å². The van der Waals surface area contributed by atoms with Crippen LogP contribution in [0.25, 0.3) is 88.1 Å². The average Bonchev–Trinajstić information content (AvgIpc) is 4.03. The summed E-state index contributed by atoms with van der Waals surface area (Å²) in [5.41, 5.74) is 11.0. The Bertz CT molecular complexity index is 3790. The standard InChI is InChI=1S/C60H40N2OSi/c1-4-18-43(19-5-1)64(44-20-6-2-7-21-44,45-22-8-3-9-23-45)46-37-35-42(36-38-46)61-54-30-13-10-25-49(54)53-29-17-32-56(60(53)61)62-55-31-14-11-24-48(55)52-28-16-27-47(59(52)62)41-34-39-51-50-26-12-15-33-57(50)63-58(51)40-41/h1-40H. The smallest absolute Gasteiger partial charge is 0.179 e. The van der Waals surface area contributed by atoms with Crippen LogP contribution in [-0.2, 0) is 0 Å². The lowest BCUT2D eigenvalue weighted by Gasteiger charge is -2.34. The molecule has 13 rings (SSSR count). The highest BCUT2D eigenvalue weighted by Crippen LogP contribution is 2.43. The number of rotatable bonds is 7. The molecule has 0 bridgehead atoms. The molecule has 0 saturated carbocycles. The summed E-state index contributed by atoms with van der Waals surface area (Å²) in [7, 11) is -2.72. The lowest BCUT2D eigenvalue weighted by molar-refractivity contribution is 0.669. The minimum Gasteiger partial charge on any atom is -0.456 e. The van der Waals surface area contributed by atoms with Crippen molar-refractivity contribution in [3.8, 4) is 22.5 Å². The zero-order valence-corrected chi connectivity index (χ0v) is 35.9. The number of hydrogen-bond acceptors (Lipinski definition) is 1. The van der Waals surface area contributed by atoms with Crippen molar-refractivity contribution in [1.82, 2.24) is 9.13 Å². The summed E-state index contributed by atoms with van der Waals surface area (Å²) in [4.78, 5) is 0. The minimum absolute atomic E-state index is 0.892. The molecule has 0 radical (unpaired) electrons. The van der Waals surface area contributed by atoms with Crippen molar-refractivity contribution in [3.63, 3.8) is 0 Å². The normalized spacial score (nSPS) is 12.1. The monoisotopic (exact) mass is 832 g/mol. The summed E-state index contributed by atoms with van der Waals surface area (Å²) in [6, 6.07) is 89.2. The van der Waals surface area contributed by atoms with Gasteiger partial charge in [0.1, 0.15) is 11.2 Å². The molecular weight excluding hydrogens is 793 g/mol. The minimum atomic E-state index is -2.72. The van der Waals surface area contributed by atoms with Gasteiger partial charge in [-0.2, -0.15) is 0 Å². The Morgan fingerprint density at radius 1 is 0.312 bits per heavy atom. The first kappa shape index (κ1) is 36.5. The maximum atomic E-state index is 6.45. The second-order valence-electron chi connectivity index (χ2n) is 16.8. The van der Waals surface area contributed by atoms with Gasteiger partial charge in [0, 0.05) is 43.6 Å². The van der Waals surface area contributed by atoms with Gasteiger partial charge < -0.3 is 13.6 Å². The van der Waals surface area contributed by atoms with Gasteiger partial charge in [-0.1, -0.05) is 194 Å². The van der Waals surface area contributed by atoms with Gasteiger partial charge in [-0.05, 0) is 74.8 Å². The first-order valence-electron chi connectivity index (χ1n) is 22.0. The molecule has 300 valence electrons. The Morgan fingerprint density at radius 2 is 0.797 bits per heavy atom. The highest BCUT2D eigenvalue weighted by Gasteiger charge is 2.41. The van der Waals surface area contributed by atoms with Crippen molar-refractivity contribution >= 4 is 94.4 Å². The van der Waals surface area contributed by atoms with Crippen molar-refractivity contribution in [2.45, 2.75) is 0 Å². The molecule has 3 nitrogen and oxygen atoms in total. The highest BCUT2D eigenvalue weighted by molar-refractivity contribution is 7.19. The van der Waals surface area contributed by atoms with Crippen LogP contribution in [0.5, 0.6) is 0 Å². The quantitative estimate of drug-likeness (QED) is 0.116. The third-order valence-electron chi connectivity index (χ3n) is 13.5. The number of para-hydroxylation sites is 5. The van der Waals surface area contributed by atoms with Crippen LogP contribution in [0.15, 0.2) is 247 Å². The number of nitrogens with zero attached hydrogens (tertiary/aromatic N) is 2. The van der Waals surface area contributed by atoms with Crippen LogP contribution in [0, 0.1) is 0 Å². The van der Waals surface area contributed by atoms with E-state index in [0.29, 0.717) is 0 Å². The largest absolute Gasteiger partial charge is 0.456 e. The van der Waals surface area contributed by atoms with Gasteiger partial charge in [0.05, 0.1) is 27.8 Å². The average molecular weight is 833 g/mol. The number of hydrogen-bond donors (Lipinski definition) is 0. The topological polar surface area (TPSA) is 23.0 Å². The van der Waals surface area contributed by atoms with Gasteiger partial charge in [-0.3, -0.25) is 0 Å². The third-order valence-corrected chi connectivity index (χ3v) is 18.3. The lowest BCUT2D eigenvalue weighted by atomic mass is 10.0. The first-order valence-corrected chi connectivity index (χ1v) is 24.0. The molecule has 4 heteroatoms. The Labute approximate surface area is 371 Å². The fourth-order valence-corrected chi connectivity index (χ4v) is 15.5. The molecule has 0 aliphatic carbocycles. The van der Waals surface area contributed by atoms with Crippen molar-refractivity contribution in [3.05, 3.63) is 243 Å². The molecule has 13 aromatic rings. The van der Waals surface area contributed by atoms with Crippen LogP contribution in [0.4, 0.5) is 0 Å². The summed E-state index contributed by atoms with van der Waals surface area (Å²) < 4.78 is 11.5. The molecule has 0 amide bonds. The van der Waals surface area contributed by atoms with Crippen molar-refractivity contribution < 1.29 is 4.42 Å². The summed E-state index contributed by atoms with van der Waals surface area (Å²) in [6.07, 6.45) is 0. The van der Waals surface area contributed by atoms with Crippen molar-refractivity contribution in [2.24, 2.45) is 0 Å². The predicted molar refractivity (Wildman–Crippen MR) is 271 cm³/mol. The molecule has 0 unspecified atom stereocenters. The zero-order chi connectivity index (χ0) is 42.2. The van der Waals surface area contributed by atoms with E-state index in [1.165, 1.54) is 64.4 Å². The Balaban J connectivity index is 1.07. The number of aromatic nitrogens is 2. The van der Waals surface area contributed by atoms with Gasteiger partial charge in [-0.15, -0.1) is 0 Å². The van der Waals surface area contributed by atoms with E-state index in [9.17, 15) is 0 Å². The SMILES string of the molecule is c1ccc([Si](c2ccccc2)(c2ccccc2)c2ccc(-n3c4ccccc4c4cccc(-n5c6ccccc6c6cccc(-c7ccc8c(c7)oc7ccccc78)c65)c43)cc2)cc1. The van der Waals surface area contributed by atoms with Gasteiger partial charge in [0.2, 0.25) is 0 Å². The van der Waals surface area contributed by atoms with Gasteiger partial charge >= 0.3 is 0 Å². The fourth-order valence-electron chi connectivity index (χ4n) is 10.8. The van der Waals surface area contributed by atoms with Crippen LogP contribution in [0.1, 0.15) is 0 Å². The van der Waals surface area contributed by atoms with Crippen LogP contribution in [-0.4, -0.2) is 17.2 Å². The Kier molecular flexibility index (Phi) is 8.23. The maximum Gasteiger partial charge on any atom is 0.179 e. The van der Waals surface area contributed by atoms with Crippen LogP contribution in [0.3, 0.4) is 0 Å². The van der Waals surface area contributed by atoms with E-state index in [0.717, 1.165) is 44.4 Å². The second-order valence-corrected chi connectivity index (χ2v) is 20.6. The summed E-state index contributed by atoms with van der Waals surface area (Å²) in [6.45, 7) is 0. The first-order chi connectivity index (χ1) is 31.8. The van der Waals surface area contributed by atoms with E-state index in [-0.39, 0.29) is 0 Å². The molecule has 0 atom stereocenters. The Hall–Kier alpha value is -8.18. The van der Waals surface area contributed by atoms with E-state index < -0.39 is 8.07 Å². The maximum absolute atomic E-state index is 6.45. The molecule has 0 aliphatic rings. The molecule has 3 heterocycles. The van der Waals surface area contributed by atoms with Gasteiger partial charge in [-0.25, -0.2) is 0 Å². The molecule has 0 spiro atoms. The molecule has 0 aliphatic heterocycles. The van der Waals surface area contributed by atoms with Gasteiger partial charge in [0.25, 0.3) is 0 Å². The molecular formula is C60H40N2OSi. The van der Waals surface area contributed by atoms with E-state index in [1.807, 2.05) is 6.07 Å². The van der Waals surface area contributed by atoms with Crippen molar-refractivity contribution in [2.75, 3.05) is 0 Å². The third kappa shape index (κ3) is 5.33. The second kappa shape index (κ2) is 14.5. The van der Waals surface area contributed by atoms with Crippen LogP contribution < -0.4 is 20.7 Å². The van der Waals surface area contributed by atoms with Crippen molar-refractivity contribution in [1.29, 1.82) is 0 Å². The molecule has 64 heavy (non-hydrogen) atoms. The van der Waals surface area contributed by atoms with Crippen LogP contribution >= 0.6 is 0 Å². The summed E-state index contributed by atoms with van der Waals surface area (Å²) >= 11 is 0. The molecule has 0 fully saturated rings. The number of furan rings is 1. The molecule has 10 aromatic carbocycles. The van der Waals surface area contributed by atoms with E-state index in [1.54, 1.807) is 0 Å². The molecule has 0 saturated heterocycles. The Morgan fingerprint density at radius 3 is 1.44 bits per heavy atom. The molecule has 3 aromatic heterocycles. The highest BCUT2D eigenvalue weighted by atomic mass is 28.3. The summed E-state index contributed by atoms with van der Waals surface area (Å²) in [5.74, 6) is 0.